The number of ether oxygens (including phenoxy) is 1. The van der Waals surface area contributed by atoms with Gasteiger partial charge < -0.3 is 9.64 Å². The predicted molar refractivity (Wildman–Crippen MR) is 109 cm³/mol. The lowest BCUT2D eigenvalue weighted by Crippen LogP contribution is -2.31. The molecule has 2 aromatic rings. The standard InChI is InChI=1S/C21H26N2O4S/c1-5-27-17-8-6-16(7-9-17)13-22-28(25,26)18-10-11-20-19(12-18)21(3,4)14-23(20)15(2)24/h6-12,22H,5,13-14H2,1-4H3. The number of nitrogens with zero attached hydrogens (tertiary/aromatic N) is 1. The van der Waals surface area contributed by atoms with Crippen molar-refractivity contribution in [3.63, 3.8) is 0 Å². The third-order valence-electron chi connectivity index (χ3n) is 4.93. The van der Waals surface area contributed by atoms with Crippen LogP contribution in [0.3, 0.4) is 0 Å². The number of fused-ring (bicyclic) bond motifs is 1. The molecule has 1 aliphatic rings. The molecule has 0 unspecified atom stereocenters. The van der Waals surface area contributed by atoms with E-state index < -0.39 is 10.0 Å². The number of amides is 1. The summed E-state index contributed by atoms with van der Waals surface area (Å²) in [6.07, 6.45) is 0. The fourth-order valence-corrected chi connectivity index (χ4v) is 4.48. The number of hydrogen-bond acceptors (Lipinski definition) is 4. The van der Waals surface area contributed by atoms with Gasteiger partial charge in [-0.15, -0.1) is 0 Å². The van der Waals surface area contributed by atoms with Gasteiger partial charge in [0.25, 0.3) is 0 Å². The Balaban J connectivity index is 1.80. The molecule has 3 rings (SSSR count). The number of anilines is 1. The van der Waals surface area contributed by atoms with Crippen molar-refractivity contribution in [1.29, 1.82) is 0 Å². The summed E-state index contributed by atoms with van der Waals surface area (Å²) in [5, 5.41) is 0. The van der Waals surface area contributed by atoms with Crippen LogP contribution in [0.25, 0.3) is 0 Å². The molecule has 0 spiro atoms. The maximum atomic E-state index is 12.8. The number of carbonyl (C=O) groups excluding carboxylic acids is 1. The third-order valence-corrected chi connectivity index (χ3v) is 6.33. The van der Waals surface area contributed by atoms with E-state index in [4.69, 9.17) is 4.74 Å². The number of sulfonamides is 1. The van der Waals surface area contributed by atoms with Crippen molar-refractivity contribution in [3.8, 4) is 5.75 Å². The van der Waals surface area contributed by atoms with Crippen molar-refractivity contribution >= 4 is 21.6 Å². The monoisotopic (exact) mass is 402 g/mol. The number of rotatable bonds is 6. The first-order valence-electron chi connectivity index (χ1n) is 9.28. The van der Waals surface area contributed by atoms with Crippen LogP contribution < -0.4 is 14.4 Å². The number of benzene rings is 2. The Bertz CT molecular complexity index is 982. The zero-order valence-electron chi connectivity index (χ0n) is 16.7. The number of hydrogen-bond donors (Lipinski definition) is 1. The molecular formula is C21H26N2O4S. The van der Waals surface area contributed by atoms with E-state index in [9.17, 15) is 13.2 Å². The van der Waals surface area contributed by atoms with Gasteiger partial charge in [-0.25, -0.2) is 13.1 Å². The average molecular weight is 403 g/mol. The number of nitrogens with one attached hydrogen (secondary N) is 1. The van der Waals surface area contributed by atoms with E-state index in [-0.39, 0.29) is 22.8 Å². The molecule has 6 nitrogen and oxygen atoms in total. The molecule has 1 heterocycles. The van der Waals surface area contributed by atoms with Crippen LogP contribution in [0.1, 0.15) is 38.8 Å². The molecular weight excluding hydrogens is 376 g/mol. The lowest BCUT2D eigenvalue weighted by atomic mass is 9.87. The molecule has 150 valence electrons. The molecule has 0 radical (unpaired) electrons. The molecule has 0 atom stereocenters. The second-order valence-corrected chi connectivity index (χ2v) is 9.34. The van der Waals surface area contributed by atoms with Crippen LogP contribution in [-0.4, -0.2) is 27.5 Å². The normalized spacial score (nSPS) is 15.4. The Morgan fingerprint density at radius 1 is 1.18 bits per heavy atom. The first-order valence-corrected chi connectivity index (χ1v) is 10.8. The summed E-state index contributed by atoms with van der Waals surface area (Å²) in [7, 11) is -3.67. The maximum absolute atomic E-state index is 12.8. The maximum Gasteiger partial charge on any atom is 0.240 e. The van der Waals surface area contributed by atoms with Crippen molar-refractivity contribution in [2.75, 3.05) is 18.1 Å². The van der Waals surface area contributed by atoms with Gasteiger partial charge in [0, 0.05) is 31.1 Å². The van der Waals surface area contributed by atoms with Crippen molar-refractivity contribution in [2.45, 2.75) is 44.6 Å². The smallest absolute Gasteiger partial charge is 0.240 e. The topological polar surface area (TPSA) is 75.7 Å². The van der Waals surface area contributed by atoms with Gasteiger partial charge in [0.05, 0.1) is 11.5 Å². The summed E-state index contributed by atoms with van der Waals surface area (Å²) >= 11 is 0. The molecule has 0 fully saturated rings. The summed E-state index contributed by atoms with van der Waals surface area (Å²) < 4.78 is 33.6. The highest BCUT2D eigenvalue weighted by Crippen LogP contribution is 2.41. The van der Waals surface area contributed by atoms with Crippen LogP contribution in [0.2, 0.25) is 0 Å². The van der Waals surface area contributed by atoms with E-state index in [0.29, 0.717) is 13.2 Å². The van der Waals surface area contributed by atoms with Crippen molar-refractivity contribution in [3.05, 3.63) is 53.6 Å². The molecule has 7 heteroatoms. The highest BCUT2D eigenvalue weighted by Gasteiger charge is 2.37. The minimum absolute atomic E-state index is 0.0453. The van der Waals surface area contributed by atoms with E-state index in [1.54, 1.807) is 23.1 Å². The Labute approximate surface area is 166 Å². The van der Waals surface area contributed by atoms with Crippen molar-refractivity contribution in [2.24, 2.45) is 0 Å². The Hall–Kier alpha value is -2.38. The SMILES string of the molecule is CCOc1ccc(CNS(=O)(=O)c2ccc3c(c2)C(C)(C)CN3C(C)=O)cc1. The average Bonchev–Trinajstić information content (AvgIpc) is 2.92. The molecule has 1 N–H and O–H groups in total. The van der Waals surface area contributed by atoms with Gasteiger partial charge in [-0.1, -0.05) is 26.0 Å². The summed E-state index contributed by atoms with van der Waals surface area (Å²) in [5.74, 6) is 0.709. The Kier molecular flexibility index (Phi) is 5.50. The van der Waals surface area contributed by atoms with Gasteiger partial charge in [0.2, 0.25) is 15.9 Å². The minimum atomic E-state index is -3.67. The molecule has 1 amide bonds. The van der Waals surface area contributed by atoms with Gasteiger partial charge in [0.15, 0.2) is 0 Å². The summed E-state index contributed by atoms with van der Waals surface area (Å²) in [4.78, 5) is 13.8. The Morgan fingerprint density at radius 2 is 1.86 bits per heavy atom. The molecule has 0 bridgehead atoms. The van der Waals surface area contributed by atoms with Crippen molar-refractivity contribution in [1.82, 2.24) is 4.72 Å². The number of carbonyl (C=O) groups is 1. The largest absolute Gasteiger partial charge is 0.494 e. The first kappa shape index (κ1) is 20.4. The predicted octanol–water partition coefficient (Wildman–Crippen LogP) is 3.21. The van der Waals surface area contributed by atoms with Gasteiger partial charge in [-0.3, -0.25) is 4.79 Å². The van der Waals surface area contributed by atoms with Gasteiger partial charge in [-0.2, -0.15) is 0 Å². The van der Waals surface area contributed by atoms with E-state index in [2.05, 4.69) is 4.72 Å². The molecule has 2 aromatic carbocycles. The first-order chi connectivity index (χ1) is 13.1. The highest BCUT2D eigenvalue weighted by molar-refractivity contribution is 7.89. The fourth-order valence-electron chi connectivity index (χ4n) is 3.44. The lowest BCUT2D eigenvalue weighted by molar-refractivity contribution is -0.116. The zero-order valence-corrected chi connectivity index (χ0v) is 17.5. The van der Waals surface area contributed by atoms with Crippen LogP contribution in [-0.2, 0) is 26.8 Å². The van der Waals surface area contributed by atoms with Crippen LogP contribution in [0, 0.1) is 0 Å². The van der Waals surface area contributed by atoms with Crippen LogP contribution in [0.4, 0.5) is 5.69 Å². The van der Waals surface area contributed by atoms with Crippen LogP contribution in [0.5, 0.6) is 5.75 Å². The molecule has 1 aliphatic heterocycles. The second-order valence-electron chi connectivity index (χ2n) is 7.57. The Morgan fingerprint density at radius 3 is 2.46 bits per heavy atom. The van der Waals surface area contributed by atoms with Crippen molar-refractivity contribution < 1.29 is 17.9 Å². The molecule has 0 aromatic heterocycles. The molecule has 0 saturated carbocycles. The van der Waals surface area contributed by atoms with Gasteiger partial charge in [0.1, 0.15) is 5.75 Å². The van der Waals surface area contributed by atoms with Gasteiger partial charge >= 0.3 is 0 Å². The van der Waals surface area contributed by atoms with E-state index >= 15 is 0 Å². The van der Waals surface area contributed by atoms with Crippen LogP contribution >= 0.6 is 0 Å². The highest BCUT2D eigenvalue weighted by atomic mass is 32.2. The van der Waals surface area contributed by atoms with E-state index in [1.165, 1.54) is 6.92 Å². The fraction of sp³-hybridized carbons (Fsp3) is 0.381. The zero-order chi connectivity index (χ0) is 20.5. The molecule has 28 heavy (non-hydrogen) atoms. The summed E-state index contributed by atoms with van der Waals surface area (Å²) in [5.41, 5.74) is 2.19. The molecule has 0 saturated heterocycles. The lowest BCUT2D eigenvalue weighted by Gasteiger charge is -2.19. The summed E-state index contributed by atoms with van der Waals surface area (Å²) in [6.45, 7) is 8.78. The third kappa shape index (κ3) is 4.05. The minimum Gasteiger partial charge on any atom is -0.494 e. The van der Waals surface area contributed by atoms with Crippen LogP contribution in [0.15, 0.2) is 47.4 Å². The summed E-state index contributed by atoms with van der Waals surface area (Å²) in [6, 6.07) is 12.3. The van der Waals surface area contributed by atoms with E-state index in [1.807, 2.05) is 45.0 Å². The van der Waals surface area contributed by atoms with Gasteiger partial charge in [-0.05, 0) is 48.4 Å². The van der Waals surface area contributed by atoms with E-state index in [0.717, 1.165) is 22.6 Å². The molecule has 0 aliphatic carbocycles. The second kappa shape index (κ2) is 7.56. The quantitative estimate of drug-likeness (QED) is 0.805.